The molecule has 292 valence electrons. The van der Waals surface area contributed by atoms with Gasteiger partial charge in [-0.3, -0.25) is 14.4 Å². The zero-order valence-corrected chi connectivity index (χ0v) is 33.2. The Balaban J connectivity index is 4.36. The number of unbranched alkanes of at least 4 members (excludes halogenated alkanes) is 23. The monoisotopic (exact) mass is 705 g/mol. The topological polar surface area (TPSA) is 78.9 Å². The summed E-state index contributed by atoms with van der Waals surface area (Å²) in [5.74, 6) is -0.899. The van der Waals surface area contributed by atoms with Crippen molar-refractivity contribution in [3.8, 4) is 0 Å². The van der Waals surface area contributed by atoms with Crippen molar-refractivity contribution in [2.75, 3.05) is 13.2 Å². The molecule has 0 aromatic rings. The van der Waals surface area contributed by atoms with Crippen LogP contribution in [0.1, 0.15) is 220 Å². The quantitative estimate of drug-likeness (QED) is 0.0275. The Morgan fingerprint density at radius 3 is 1.08 bits per heavy atom. The number of hydrogen-bond acceptors (Lipinski definition) is 6. The molecule has 0 aliphatic rings. The van der Waals surface area contributed by atoms with Gasteiger partial charge >= 0.3 is 17.9 Å². The number of hydrogen-bond donors (Lipinski definition) is 0. The molecule has 0 aromatic carbocycles. The van der Waals surface area contributed by atoms with Crippen LogP contribution in [-0.2, 0) is 28.6 Å². The Kier molecular flexibility index (Phi) is 38.0. The molecule has 0 N–H and O–H groups in total. The fourth-order valence-corrected chi connectivity index (χ4v) is 5.89. The minimum absolute atomic E-state index is 0.0756. The molecule has 6 heteroatoms. The van der Waals surface area contributed by atoms with E-state index in [1.54, 1.807) is 0 Å². The van der Waals surface area contributed by atoms with E-state index in [0.29, 0.717) is 19.3 Å². The molecule has 1 atom stereocenters. The van der Waals surface area contributed by atoms with Gasteiger partial charge < -0.3 is 14.2 Å². The van der Waals surface area contributed by atoms with E-state index in [-0.39, 0.29) is 31.1 Å². The molecule has 0 aliphatic carbocycles. The number of allylic oxidation sites excluding steroid dienone is 4. The van der Waals surface area contributed by atoms with Crippen LogP contribution in [0.2, 0.25) is 0 Å². The number of carbonyl (C=O) groups excluding carboxylic acids is 3. The molecule has 0 heterocycles. The second-order valence-electron chi connectivity index (χ2n) is 14.3. The van der Waals surface area contributed by atoms with Gasteiger partial charge in [0.25, 0.3) is 0 Å². The minimum Gasteiger partial charge on any atom is -0.462 e. The van der Waals surface area contributed by atoms with Crippen molar-refractivity contribution >= 4 is 17.9 Å². The van der Waals surface area contributed by atoms with E-state index in [9.17, 15) is 14.4 Å². The molecule has 0 bridgehead atoms. The Morgan fingerprint density at radius 1 is 0.380 bits per heavy atom. The number of rotatable bonds is 38. The van der Waals surface area contributed by atoms with Crippen LogP contribution in [0.25, 0.3) is 0 Å². The van der Waals surface area contributed by atoms with Crippen LogP contribution in [-0.4, -0.2) is 37.2 Å². The molecule has 0 radical (unpaired) electrons. The average molecular weight is 705 g/mol. The van der Waals surface area contributed by atoms with Crippen LogP contribution >= 0.6 is 0 Å². The van der Waals surface area contributed by atoms with E-state index in [1.807, 2.05) is 0 Å². The maximum absolute atomic E-state index is 12.6. The summed E-state index contributed by atoms with van der Waals surface area (Å²) in [7, 11) is 0. The van der Waals surface area contributed by atoms with Crippen molar-refractivity contribution in [1.82, 2.24) is 0 Å². The van der Waals surface area contributed by atoms with Crippen molar-refractivity contribution in [2.45, 2.75) is 226 Å². The summed E-state index contributed by atoms with van der Waals surface area (Å²) < 4.78 is 16.6. The molecule has 0 rings (SSSR count). The fraction of sp³-hybridized carbons (Fsp3) is 0.841. The summed E-state index contributed by atoms with van der Waals surface area (Å²) in [6, 6.07) is 0. The Bertz CT molecular complexity index is 819. The molecular formula is C44H80O6. The summed E-state index contributed by atoms with van der Waals surface area (Å²) in [5, 5.41) is 0. The van der Waals surface area contributed by atoms with Crippen LogP contribution in [0.5, 0.6) is 0 Å². The fourth-order valence-electron chi connectivity index (χ4n) is 5.89. The van der Waals surface area contributed by atoms with Crippen LogP contribution in [0.3, 0.4) is 0 Å². The molecule has 0 fully saturated rings. The second-order valence-corrected chi connectivity index (χ2v) is 14.3. The van der Waals surface area contributed by atoms with Gasteiger partial charge in [0.1, 0.15) is 13.2 Å². The first kappa shape index (κ1) is 47.9. The molecule has 0 aliphatic heterocycles. The van der Waals surface area contributed by atoms with E-state index in [1.165, 1.54) is 103 Å². The van der Waals surface area contributed by atoms with Crippen molar-refractivity contribution in [3.63, 3.8) is 0 Å². The molecular weight excluding hydrogens is 624 g/mol. The van der Waals surface area contributed by atoms with Gasteiger partial charge in [-0.15, -0.1) is 0 Å². The SMILES string of the molecule is CCCC/C=C\CCCCCCCC(=O)OC(COC(=O)CCCCCCC/C=C\CCCCCC)COC(=O)CCCCCCCCCC. The van der Waals surface area contributed by atoms with E-state index < -0.39 is 6.10 Å². The van der Waals surface area contributed by atoms with E-state index in [2.05, 4.69) is 45.1 Å². The van der Waals surface area contributed by atoms with Gasteiger partial charge in [-0.2, -0.15) is 0 Å². The summed E-state index contributed by atoms with van der Waals surface area (Å²) in [6.45, 7) is 6.53. The van der Waals surface area contributed by atoms with Gasteiger partial charge in [0.15, 0.2) is 6.10 Å². The van der Waals surface area contributed by atoms with Crippen molar-refractivity contribution in [1.29, 1.82) is 0 Å². The zero-order valence-electron chi connectivity index (χ0n) is 33.2. The first-order valence-corrected chi connectivity index (χ1v) is 21.3. The highest BCUT2D eigenvalue weighted by molar-refractivity contribution is 5.71. The Hall–Kier alpha value is -2.11. The Morgan fingerprint density at radius 2 is 0.680 bits per heavy atom. The van der Waals surface area contributed by atoms with Crippen LogP contribution in [0.15, 0.2) is 24.3 Å². The molecule has 1 unspecified atom stereocenters. The lowest BCUT2D eigenvalue weighted by atomic mass is 10.1. The van der Waals surface area contributed by atoms with E-state index in [0.717, 1.165) is 77.0 Å². The number of esters is 3. The number of ether oxygens (including phenoxy) is 3. The maximum Gasteiger partial charge on any atom is 0.306 e. The highest BCUT2D eigenvalue weighted by Crippen LogP contribution is 2.13. The summed E-state index contributed by atoms with van der Waals surface area (Å²) in [5.41, 5.74) is 0. The van der Waals surface area contributed by atoms with E-state index in [4.69, 9.17) is 14.2 Å². The standard InChI is InChI=1S/C44H80O6/c1-4-7-10-13-16-19-21-22-24-25-28-31-34-37-43(46)49-40-41(39-48-42(45)36-33-30-27-18-15-12-9-6-3)50-44(47)38-35-32-29-26-23-20-17-14-11-8-5-2/h14,17,19,21,41H,4-13,15-16,18,20,22-40H2,1-3H3/b17-14-,21-19-. The van der Waals surface area contributed by atoms with Crippen molar-refractivity contribution in [3.05, 3.63) is 24.3 Å². The first-order chi connectivity index (χ1) is 24.5. The highest BCUT2D eigenvalue weighted by atomic mass is 16.6. The third-order valence-corrected chi connectivity index (χ3v) is 9.18. The maximum atomic E-state index is 12.6. The van der Waals surface area contributed by atoms with Gasteiger partial charge in [-0.1, -0.05) is 161 Å². The molecule has 0 spiro atoms. The summed E-state index contributed by atoms with van der Waals surface area (Å²) in [6.07, 6.45) is 41.6. The minimum atomic E-state index is -0.770. The second kappa shape index (κ2) is 39.7. The number of carbonyl (C=O) groups is 3. The first-order valence-electron chi connectivity index (χ1n) is 21.3. The van der Waals surface area contributed by atoms with Gasteiger partial charge in [0.2, 0.25) is 0 Å². The molecule has 0 amide bonds. The molecule has 0 saturated carbocycles. The van der Waals surface area contributed by atoms with Crippen LogP contribution in [0, 0.1) is 0 Å². The van der Waals surface area contributed by atoms with Gasteiger partial charge in [-0.25, -0.2) is 0 Å². The molecule has 6 nitrogen and oxygen atoms in total. The third kappa shape index (κ3) is 37.2. The summed E-state index contributed by atoms with van der Waals surface area (Å²) >= 11 is 0. The van der Waals surface area contributed by atoms with Crippen molar-refractivity contribution < 1.29 is 28.6 Å². The van der Waals surface area contributed by atoms with Crippen LogP contribution in [0.4, 0.5) is 0 Å². The van der Waals surface area contributed by atoms with Crippen LogP contribution < -0.4 is 0 Å². The lowest BCUT2D eigenvalue weighted by Crippen LogP contribution is -2.30. The largest absolute Gasteiger partial charge is 0.462 e. The lowest BCUT2D eigenvalue weighted by molar-refractivity contribution is -0.167. The molecule has 0 saturated heterocycles. The third-order valence-electron chi connectivity index (χ3n) is 9.18. The van der Waals surface area contributed by atoms with Gasteiger partial charge in [0.05, 0.1) is 0 Å². The normalized spacial score (nSPS) is 12.1. The smallest absolute Gasteiger partial charge is 0.306 e. The van der Waals surface area contributed by atoms with Crippen molar-refractivity contribution in [2.24, 2.45) is 0 Å². The zero-order chi connectivity index (χ0) is 36.6. The average Bonchev–Trinajstić information content (AvgIpc) is 3.11. The van der Waals surface area contributed by atoms with E-state index >= 15 is 0 Å². The summed E-state index contributed by atoms with van der Waals surface area (Å²) in [4.78, 5) is 37.5. The predicted octanol–water partition coefficient (Wildman–Crippen LogP) is 13.2. The Labute approximate surface area is 309 Å². The van der Waals surface area contributed by atoms with Gasteiger partial charge in [-0.05, 0) is 64.2 Å². The molecule has 0 aromatic heterocycles. The highest BCUT2D eigenvalue weighted by Gasteiger charge is 2.19. The lowest BCUT2D eigenvalue weighted by Gasteiger charge is -2.18. The molecule has 50 heavy (non-hydrogen) atoms. The predicted molar refractivity (Wildman–Crippen MR) is 210 cm³/mol. The van der Waals surface area contributed by atoms with Gasteiger partial charge in [0, 0.05) is 19.3 Å².